The van der Waals surface area contributed by atoms with E-state index in [-0.39, 0.29) is 12.3 Å². The minimum absolute atomic E-state index is 0.0352. The summed E-state index contributed by atoms with van der Waals surface area (Å²) in [6, 6.07) is 0. The SMILES string of the molecule is CCCCCNC(=O)OCc1cnc(C(=O)O)cn1. The molecule has 1 aromatic heterocycles. The van der Waals surface area contributed by atoms with E-state index in [9.17, 15) is 9.59 Å². The predicted octanol–water partition coefficient (Wildman–Crippen LogP) is 1.59. The molecular formula is C12H17N3O4. The third-order valence-electron chi connectivity index (χ3n) is 2.33. The van der Waals surface area contributed by atoms with Crippen LogP contribution in [-0.2, 0) is 11.3 Å². The summed E-state index contributed by atoms with van der Waals surface area (Å²) in [6.07, 6.45) is 4.94. The zero-order valence-corrected chi connectivity index (χ0v) is 10.8. The number of carboxylic acids is 1. The van der Waals surface area contributed by atoms with Gasteiger partial charge in [-0.2, -0.15) is 0 Å². The number of carboxylic acid groups (broad SMARTS) is 1. The van der Waals surface area contributed by atoms with Gasteiger partial charge in [0.15, 0.2) is 5.69 Å². The molecule has 0 atom stereocenters. The Labute approximate surface area is 111 Å². The van der Waals surface area contributed by atoms with Crippen LogP contribution in [-0.4, -0.2) is 33.7 Å². The van der Waals surface area contributed by atoms with Crippen LogP contribution in [0.5, 0.6) is 0 Å². The lowest BCUT2D eigenvalue weighted by atomic mass is 10.2. The number of alkyl carbamates (subject to hydrolysis) is 1. The van der Waals surface area contributed by atoms with Crippen molar-refractivity contribution in [1.29, 1.82) is 0 Å². The number of nitrogens with zero attached hydrogens (tertiary/aromatic N) is 2. The molecule has 0 saturated heterocycles. The molecule has 0 aromatic carbocycles. The Morgan fingerprint density at radius 2 is 2.11 bits per heavy atom. The standard InChI is InChI=1S/C12H17N3O4/c1-2-3-4-5-13-12(18)19-8-9-6-15-10(7-14-9)11(16)17/h6-7H,2-5,8H2,1H3,(H,13,18)(H,16,17). The Kier molecular flexibility index (Phi) is 6.28. The number of hydrogen-bond acceptors (Lipinski definition) is 5. The highest BCUT2D eigenvalue weighted by atomic mass is 16.5. The molecule has 2 N–H and O–H groups in total. The van der Waals surface area contributed by atoms with Gasteiger partial charge in [0.2, 0.25) is 0 Å². The molecule has 0 aliphatic rings. The number of carbonyl (C=O) groups excluding carboxylic acids is 1. The van der Waals surface area contributed by atoms with Gasteiger partial charge >= 0.3 is 12.1 Å². The Bertz CT molecular complexity index is 419. The van der Waals surface area contributed by atoms with E-state index in [1.165, 1.54) is 6.20 Å². The molecule has 0 spiro atoms. The highest BCUT2D eigenvalue weighted by Crippen LogP contribution is 1.98. The molecule has 0 aliphatic carbocycles. The van der Waals surface area contributed by atoms with Crippen LogP contribution in [0.25, 0.3) is 0 Å². The molecule has 0 aliphatic heterocycles. The van der Waals surface area contributed by atoms with Crippen LogP contribution in [0.2, 0.25) is 0 Å². The van der Waals surface area contributed by atoms with Gasteiger partial charge in [0, 0.05) is 6.54 Å². The maximum atomic E-state index is 11.3. The second-order valence-electron chi connectivity index (χ2n) is 3.91. The van der Waals surface area contributed by atoms with Crippen LogP contribution in [0.15, 0.2) is 12.4 Å². The molecule has 0 unspecified atom stereocenters. The van der Waals surface area contributed by atoms with Crippen molar-refractivity contribution in [2.24, 2.45) is 0 Å². The normalized spacial score (nSPS) is 9.95. The second-order valence-corrected chi connectivity index (χ2v) is 3.91. The van der Waals surface area contributed by atoms with Gasteiger partial charge in [-0.05, 0) is 6.42 Å². The molecule has 1 amide bonds. The lowest BCUT2D eigenvalue weighted by Crippen LogP contribution is -2.25. The molecule has 19 heavy (non-hydrogen) atoms. The first kappa shape index (κ1) is 14.9. The Hall–Kier alpha value is -2.18. The number of hydrogen-bond donors (Lipinski definition) is 2. The molecule has 1 aromatic rings. The van der Waals surface area contributed by atoms with Crippen LogP contribution >= 0.6 is 0 Å². The first-order valence-electron chi connectivity index (χ1n) is 6.08. The molecule has 7 nitrogen and oxygen atoms in total. The van der Waals surface area contributed by atoms with E-state index in [0.29, 0.717) is 12.2 Å². The lowest BCUT2D eigenvalue weighted by molar-refractivity contribution is 0.0689. The largest absolute Gasteiger partial charge is 0.476 e. The summed E-state index contributed by atoms with van der Waals surface area (Å²) in [7, 11) is 0. The van der Waals surface area contributed by atoms with Crippen LogP contribution in [0.3, 0.4) is 0 Å². The Balaban J connectivity index is 2.28. The van der Waals surface area contributed by atoms with Crippen molar-refractivity contribution in [2.75, 3.05) is 6.54 Å². The molecule has 1 heterocycles. The highest BCUT2D eigenvalue weighted by Gasteiger charge is 2.06. The summed E-state index contributed by atoms with van der Waals surface area (Å²) >= 11 is 0. The van der Waals surface area contributed by atoms with E-state index in [0.717, 1.165) is 25.5 Å². The van der Waals surface area contributed by atoms with Crippen LogP contribution < -0.4 is 5.32 Å². The van der Waals surface area contributed by atoms with Crippen molar-refractivity contribution in [3.63, 3.8) is 0 Å². The summed E-state index contributed by atoms with van der Waals surface area (Å²) in [5.41, 5.74) is 0.251. The van der Waals surface area contributed by atoms with E-state index in [1.807, 2.05) is 0 Å². The van der Waals surface area contributed by atoms with Crippen molar-refractivity contribution in [1.82, 2.24) is 15.3 Å². The molecule has 0 fully saturated rings. The highest BCUT2D eigenvalue weighted by molar-refractivity contribution is 5.84. The number of rotatable bonds is 7. The zero-order chi connectivity index (χ0) is 14.1. The van der Waals surface area contributed by atoms with Crippen LogP contribution in [0.1, 0.15) is 42.4 Å². The molecule has 0 saturated carbocycles. The number of aromatic nitrogens is 2. The number of amides is 1. The van der Waals surface area contributed by atoms with Gasteiger partial charge < -0.3 is 15.2 Å². The fourth-order valence-corrected chi connectivity index (χ4v) is 1.30. The van der Waals surface area contributed by atoms with E-state index < -0.39 is 12.1 Å². The molecule has 0 radical (unpaired) electrons. The Morgan fingerprint density at radius 1 is 1.32 bits per heavy atom. The molecule has 7 heteroatoms. The summed E-state index contributed by atoms with van der Waals surface area (Å²) in [6.45, 7) is 2.63. The zero-order valence-electron chi connectivity index (χ0n) is 10.8. The van der Waals surface area contributed by atoms with E-state index in [1.54, 1.807) is 0 Å². The number of carbonyl (C=O) groups is 2. The van der Waals surface area contributed by atoms with E-state index in [2.05, 4.69) is 22.2 Å². The fraction of sp³-hybridized carbons (Fsp3) is 0.500. The van der Waals surface area contributed by atoms with Gasteiger partial charge in [-0.15, -0.1) is 0 Å². The average molecular weight is 267 g/mol. The van der Waals surface area contributed by atoms with Crippen molar-refractivity contribution in [3.05, 3.63) is 23.8 Å². The van der Waals surface area contributed by atoms with Crippen LogP contribution in [0, 0.1) is 0 Å². The third-order valence-corrected chi connectivity index (χ3v) is 2.33. The average Bonchev–Trinajstić information content (AvgIpc) is 2.42. The monoisotopic (exact) mass is 267 g/mol. The number of ether oxygens (including phenoxy) is 1. The van der Waals surface area contributed by atoms with E-state index in [4.69, 9.17) is 9.84 Å². The maximum absolute atomic E-state index is 11.3. The summed E-state index contributed by atoms with van der Waals surface area (Å²) in [4.78, 5) is 29.3. The first-order valence-corrected chi connectivity index (χ1v) is 6.08. The Morgan fingerprint density at radius 3 is 2.68 bits per heavy atom. The number of aromatic carboxylic acids is 1. The lowest BCUT2D eigenvalue weighted by Gasteiger charge is -2.06. The van der Waals surface area contributed by atoms with Gasteiger partial charge in [-0.3, -0.25) is 4.98 Å². The predicted molar refractivity (Wildman–Crippen MR) is 66.7 cm³/mol. The van der Waals surface area contributed by atoms with Crippen molar-refractivity contribution < 1.29 is 19.4 Å². The summed E-state index contributed by atoms with van der Waals surface area (Å²) in [5, 5.41) is 11.3. The summed E-state index contributed by atoms with van der Waals surface area (Å²) in [5.74, 6) is -1.14. The molecular weight excluding hydrogens is 250 g/mol. The number of nitrogens with one attached hydrogen (secondary N) is 1. The van der Waals surface area contributed by atoms with E-state index >= 15 is 0 Å². The van der Waals surface area contributed by atoms with Gasteiger partial charge in [-0.25, -0.2) is 14.6 Å². The quantitative estimate of drug-likeness (QED) is 0.727. The van der Waals surface area contributed by atoms with Crippen molar-refractivity contribution >= 4 is 12.1 Å². The fourth-order valence-electron chi connectivity index (χ4n) is 1.30. The summed E-state index contributed by atoms with van der Waals surface area (Å²) < 4.78 is 4.91. The van der Waals surface area contributed by atoms with Gasteiger partial charge in [0.1, 0.15) is 6.61 Å². The van der Waals surface area contributed by atoms with Gasteiger partial charge in [-0.1, -0.05) is 19.8 Å². The number of unbranched alkanes of at least 4 members (excludes halogenated alkanes) is 2. The third kappa shape index (κ3) is 5.80. The smallest absolute Gasteiger partial charge is 0.407 e. The topological polar surface area (TPSA) is 101 Å². The second kappa shape index (κ2) is 8.02. The maximum Gasteiger partial charge on any atom is 0.407 e. The van der Waals surface area contributed by atoms with Crippen LogP contribution in [0.4, 0.5) is 4.79 Å². The minimum Gasteiger partial charge on any atom is -0.476 e. The first-order chi connectivity index (χ1) is 9.13. The molecule has 0 bridgehead atoms. The molecule has 104 valence electrons. The van der Waals surface area contributed by atoms with Gasteiger partial charge in [0.25, 0.3) is 0 Å². The minimum atomic E-state index is -1.14. The van der Waals surface area contributed by atoms with Gasteiger partial charge in [0.05, 0.1) is 18.1 Å². The van der Waals surface area contributed by atoms with Crippen molar-refractivity contribution in [2.45, 2.75) is 32.8 Å². The molecule has 1 rings (SSSR count). The van der Waals surface area contributed by atoms with Crippen molar-refractivity contribution in [3.8, 4) is 0 Å².